The van der Waals surface area contributed by atoms with Gasteiger partial charge in [-0.15, -0.1) is 0 Å². The maximum Gasteiger partial charge on any atom is 0.390 e. The van der Waals surface area contributed by atoms with Gasteiger partial charge in [-0.05, 0) is 13.3 Å². The summed E-state index contributed by atoms with van der Waals surface area (Å²) in [6.07, 6.45) is -4.66. The highest BCUT2D eigenvalue weighted by Crippen LogP contribution is 2.27. The molecule has 118 valence electrons. The lowest BCUT2D eigenvalue weighted by Gasteiger charge is -2.11. The molecule has 0 radical (unpaired) electrons. The quantitative estimate of drug-likeness (QED) is 0.594. The second-order valence-corrected chi connectivity index (χ2v) is 4.31. The minimum Gasteiger partial charge on any atom is -0.364 e. The van der Waals surface area contributed by atoms with E-state index in [0.29, 0.717) is 6.54 Å². The first-order valence-corrected chi connectivity index (χ1v) is 6.32. The molecule has 0 spiro atoms. The first-order chi connectivity index (χ1) is 9.74. The molecule has 0 aliphatic rings. The summed E-state index contributed by atoms with van der Waals surface area (Å²) in [5.74, 6) is -0.0650. The van der Waals surface area contributed by atoms with E-state index >= 15 is 0 Å². The van der Waals surface area contributed by atoms with Crippen LogP contribution in [-0.2, 0) is 0 Å². The van der Waals surface area contributed by atoms with Gasteiger partial charge in [-0.1, -0.05) is 6.92 Å². The van der Waals surface area contributed by atoms with Crippen molar-refractivity contribution in [2.45, 2.75) is 32.9 Å². The van der Waals surface area contributed by atoms with Crippen molar-refractivity contribution in [3.8, 4) is 0 Å². The molecule has 0 atom stereocenters. The third-order valence-corrected chi connectivity index (χ3v) is 2.47. The third-order valence-electron chi connectivity index (χ3n) is 2.47. The lowest BCUT2D eigenvalue weighted by Crippen LogP contribution is -2.17. The molecule has 1 rings (SSSR count). The Hall–Kier alpha value is -2.13. The van der Waals surface area contributed by atoms with Crippen molar-refractivity contribution < 1.29 is 18.1 Å². The molecule has 0 amide bonds. The molecule has 0 aliphatic heterocycles. The normalized spacial score (nSPS) is 11.3. The van der Waals surface area contributed by atoms with Crippen LogP contribution in [0, 0.1) is 17.0 Å². The number of hydrogen-bond donors (Lipinski definition) is 2. The van der Waals surface area contributed by atoms with E-state index in [0.717, 1.165) is 6.42 Å². The number of alkyl halides is 3. The maximum atomic E-state index is 12.1. The number of aromatic nitrogens is 2. The number of rotatable bonds is 7. The summed E-state index contributed by atoms with van der Waals surface area (Å²) >= 11 is 0. The molecule has 0 unspecified atom stereocenters. The smallest absolute Gasteiger partial charge is 0.364 e. The Kier molecular flexibility index (Phi) is 5.68. The largest absolute Gasteiger partial charge is 0.390 e. The van der Waals surface area contributed by atoms with Crippen molar-refractivity contribution in [2.24, 2.45) is 0 Å². The second-order valence-electron chi connectivity index (χ2n) is 4.31. The first kappa shape index (κ1) is 16.9. The molecule has 0 aliphatic carbocycles. The molecule has 0 fully saturated rings. The molecule has 7 nitrogen and oxygen atoms in total. The van der Waals surface area contributed by atoms with Gasteiger partial charge in [0.05, 0.1) is 11.3 Å². The molecule has 1 aromatic rings. The van der Waals surface area contributed by atoms with Gasteiger partial charge >= 0.3 is 11.9 Å². The van der Waals surface area contributed by atoms with Crippen LogP contribution in [0.25, 0.3) is 0 Å². The summed E-state index contributed by atoms with van der Waals surface area (Å²) in [5.41, 5.74) is -0.331. The Morgan fingerprint density at radius 2 is 1.90 bits per heavy atom. The fourth-order valence-corrected chi connectivity index (χ4v) is 1.55. The van der Waals surface area contributed by atoms with E-state index in [2.05, 4.69) is 20.6 Å². The number of anilines is 2. The molecule has 0 aromatic carbocycles. The van der Waals surface area contributed by atoms with Crippen molar-refractivity contribution in [1.82, 2.24) is 9.97 Å². The number of nitro groups is 1. The maximum absolute atomic E-state index is 12.1. The van der Waals surface area contributed by atoms with Crippen molar-refractivity contribution in [3.05, 3.63) is 15.8 Å². The molecule has 0 saturated carbocycles. The monoisotopic (exact) mass is 307 g/mol. The number of aryl methyl sites for hydroxylation is 1. The van der Waals surface area contributed by atoms with Crippen molar-refractivity contribution >= 4 is 17.5 Å². The lowest BCUT2D eigenvalue weighted by atomic mass is 10.3. The second kappa shape index (κ2) is 7.04. The molecule has 0 bridgehead atoms. The molecule has 1 heterocycles. The van der Waals surface area contributed by atoms with Gasteiger partial charge in [-0.3, -0.25) is 10.1 Å². The van der Waals surface area contributed by atoms with Crippen LogP contribution in [0.5, 0.6) is 0 Å². The van der Waals surface area contributed by atoms with Crippen LogP contribution in [0.4, 0.5) is 30.6 Å². The molecule has 10 heteroatoms. The van der Waals surface area contributed by atoms with E-state index in [4.69, 9.17) is 0 Å². The number of halogens is 3. The van der Waals surface area contributed by atoms with E-state index in [1.54, 1.807) is 0 Å². The Labute approximate surface area is 119 Å². The highest BCUT2D eigenvalue weighted by molar-refractivity contribution is 5.60. The number of hydrogen-bond acceptors (Lipinski definition) is 6. The summed E-state index contributed by atoms with van der Waals surface area (Å²) in [7, 11) is 0. The molecule has 21 heavy (non-hydrogen) atoms. The van der Waals surface area contributed by atoms with Gasteiger partial charge in [0.1, 0.15) is 5.69 Å². The van der Waals surface area contributed by atoms with Gasteiger partial charge < -0.3 is 10.6 Å². The topological polar surface area (TPSA) is 93.0 Å². The zero-order chi connectivity index (χ0) is 16.0. The minimum atomic E-state index is -4.34. The van der Waals surface area contributed by atoms with Gasteiger partial charge in [0.25, 0.3) is 0 Å². The molecular formula is C11H16F3N5O2. The van der Waals surface area contributed by atoms with Crippen molar-refractivity contribution in [2.75, 3.05) is 23.7 Å². The van der Waals surface area contributed by atoms with Crippen LogP contribution in [0.1, 0.15) is 25.5 Å². The fourth-order valence-electron chi connectivity index (χ4n) is 1.55. The van der Waals surface area contributed by atoms with Gasteiger partial charge in [0.15, 0.2) is 0 Å². The lowest BCUT2D eigenvalue weighted by molar-refractivity contribution is -0.385. The fraction of sp³-hybridized carbons (Fsp3) is 0.636. The zero-order valence-electron chi connectivity index (χ0n) is 11.6. The van der Waals surface area contributed by atoms with E-state index in [9.17, 15) is 23.3 Å². The summed E-state index contributed by atoms with van der Waals surface area (Å²) in [6, 6.07) is 0. The predicted molar refractivity (Wildman–Crippen MR) is 71.4 cm³/mol. The van der Waals surface area contributed by atoms with Crippen LogP contribution in [-0.4, -0.2) is 34.2 Å². The Morgan fingerprint density at radius 3 is 2.43 bits per heavy atom. The van der Waals surface area contributed by atoms with Crippen LogP contribution in [0.3, 0.4) is 0 Å². The van der Waals surface area contributed by atoms with Gasteiger partial charge in [-0.2, -0.15) is 18.2 Å². The number of nitrogens with one attached hydrogen (secondary N) is 2. The minimum absolute atomic E-state index is 0.0862. The summed E-state index contributed by atoms with van der Waals surface area (Å²) < 4.78 is 36.4. The van der Waals surface area contributed by atoms with Crippen LogP contribution in [0.2, 0.25) is 0 Å². The van der Waals surface area contributed by atoms with Gasteiger partial charge in [0, 0.05) is 13.1 Å². The van der Waals surface area contributed by atoms with Gasteiger partial charge in [-0.25, -0.2) is 4.98 Å². The standard InChI is InChI=1S/C11H16F3N5O2/c1-3-5-16-10-17-7(2)8(19(20)21)9(18-10)15-6-4-11(12,13)14/h3-6H2,1-2H3,(H2,15,16,17,18). The summed E-state index contributed by atoms with van der Waals surface area (Å²) in [4.78, 5) is 18.1. The van der Waals surface area contributed by atoms with Crippen LogP contribution < -0.4 is 10.6 Å². The SMILES string of the molecule is CCCNc1nc(C)c([N+](=O)[O-])c(NCCC(F)(F)F)n1. The van der Waals surface area contributed by atoms with Crippen molar-refractivity contribution in [3.63, 3.8) is 0 Å². The first-order valence-electron chi connectivity index (χ1n) is 6.32. The highest BCUT2D eigenvalue weighted by atomic mass is 19.4. The predicted octanol–water partition coefficient (Wildman–Crippen LogP) is 2.88. The highest BCUT2D eigenvalue weighted by Gasteiger charge is 2.28. The average molecular weight is 307 g/mol. The number of nitrogens with zero attached hydrogens (tertiary/aromatic N) is 3. The molecular weight excluding hydrogens is 291 g/mol. The Morgan fingerprint density at radius 1 is 1.24 bits per heavy atom. The van der Waals surface area contributed by atoms with Gasteiger partial charge in [0.2, 0.25) is 11.8 Å². The van der Waals surface area contributed by atoms with E-state index in [1.807, 2.05) is 6.92 Å². The average Bonchev–Trinajstić information content (AvgIpc) is 2.33. The van der Waals surface area contributed by atoms with Crippen molar-refractivity contribution in [1.29, 1.82) is 0 Å². The zero-order valence-corrected chi connectivity index (χ0v) is 11.6. The van der Waals surface area contributed by atoms with E-state index < -0.39 is 29.8 Å². The molecule has 1 aromatic heterocycles. The van der Waals surface area contributed by atoms with E-state index in [-0.39, 0.29) is 17.5 Å². The molecule has 2 N–H and O–H groups in total. The molecule has 0 saturated heterocycles. The third kappa shape index (κ3) is 5.40. The van der Waals surface area contributed by atoms with E-state index in [1.165, 1.54) is 6.92 Å². The summed E-state index contributed by atoms with van der Waals surface area (Å²) in [6.45, 7) is 3.38. The van der Waals surface area contributed by atoms with Crippen LogP contribution in [0.15, 0.2) is 0 Å². The Balaban J connectivity index is 2.96. The summed E-state index contributed by atoms with van der Waals surface area (Å²) in [5, 5.41) is 16.2. The Bertz CT molecular complexity index is 507. The van der Waals surface area contributed by atoms with Crippen LogP contribution >= 0.6 is 0 Å².